The molecule has 0 amide bonds. The summed E-state index contributed by atoms with van der Waals surface area (Å²) < 4.78 is 23.7. The van der Waals surface area contributed by atoms with Crippen molar-refractivity contribution in [2.75, 3.05) is 28.4 Å². The van der Waals surface area contributed by atoms with Gasteiger partial charge in [0.05, 0.1) is 41.7 Å². The Balaban J connectivity index is 1.57. The van der Waals surface area contributed by atoms with E-state index < -0.39 is 0 Å². The summed E-state index contributed by atoms with van der Waals surface area (Å²) in [7, 11) is 6.90. The lowest BCUT2D eigenvalue weighted by atomic mass is 9.85. The van der Waals surface area contributed by atoms with E-state index in [1.807, 2.05) is 24.3 Å². The second kappa shape index (κ2) is 16.5. The number of aliphatic hydroxyl groups is 2. The Morgan fingerprint density at radius 1 is 0.412 bits per heavy atom. The summed E-state index contributed by atoms with van der Waals surface area (Å²) in [6.07, 6.45) is 2.72. The van der Waals surface area contributed by atoms with Crippen molar-refractivity contribution in [3.05, 3.63) is 150 Å². The number of rotatable bonds is 14. The molecular weight excluding hydrogens is 636 g/mol. The Morgan fingerprint density at radius 2 is 0.882 bits per heavy atom. The largest absolute Gasteiger partial charge is 0.497 e. The predicted octanol–water partition coefficient (Wildman–Crippen LogP) is 8.61. The average molecular weight is 689 g/mol. The molecule has 0 saturated carbocycles. The first-order chi connectivity index (χ1) is 24.6. The highest BCUT2D eigenvalue weighted by atomic mass is 16.5. The van der Waals surface area contributed by atoms with Gasteiger partial charge in [-0.3, -0.25) is 0 Å². The quantitative estimate of drug-likeness (QED) is 0.122. The predicted molar refractivity (Wildman–Crippen MR) is 205 cm³/mol. The summed E-state index contributed by atoms with van der Waals surface area (Å²) in [6, 6.07) is 22.9. The summed E-state index contributed by atoms with van der Waals surface area (Å²) in [6.45, 7) is 10.6. The third-order valence-corrected chi connectivity index (χ3v) is 10.4. The van der Waals surface area contributed by atoms with Gasteiger partial charge in [0.1, 0.15) is 23.0 Å². The van der Waals surface area contributed by atoms with E-state index in [0.717, 1.165) is 90.6 Å². The van der Waals surface area contributed by atoms with Crippen LogP contribution in [0.15, 0.2) is 66.7 Å². The topological polar surface area (TPSA) is 77.4 Å². The summed E-state index contributed by atoms with van der Waals surface area (Å²) in [5.41, 5.74) is 16.5. The van der Waals surface area contributed by atoms with Gasteiger partial charge in [0.15, 0.2) is 0 Å². The first-order valence-corrected chi connectivity index (χ1v) is 17.5. The number of hydrogen-bond donors (Lipinski definition) is 2. The van der Waals surface area contributed by atoms with Crippen LogP contribution in [0.4, 0.5) is 0 Å². The van der Waals surface area contributed by atoms with Crippen LogP contribution in [0.1, 0.15) is 83.5 Å². The van der Waals surface area contributed by atoms with E-state index in [0.29, 0.717) is 19.3 Å². The molecule has 0 heterocycles. The van der Waals surface area contributed by atoms with Crippen LogP contribution in [0.5, 0.6) is 23.0 Å². The number of methoxy groups -OCH3 is 4. The van der Waals surface area contributed by atoms with Gasteiger partial charge >= 0.3 is 0 Å². The fraction of sp³-hybridized carbons (Fsp3) is 0.333. The molecule has 5 rings (SSSR count). The van der Waals surface area contributed by atoms with Gasteiger partial charge in [-0.25, -0.2) is 0 Å². The van der Waals surface area contributed by atoms with Crippen molar-refractivity contribution in [3.8, 4) is 23.0 Å². The molecule has 0 radical (unpaired) electrons. The number of aliphatic hydroxyl groups excluding tert-OH is 2. The highest BCUT2D eigenvalue weighted by Crippen LogP contribution is 2.41. The molecule has 51 heavy (non-hydrogen) atoms. The SMILES string of the molecule is COc1ccc(Cc2c(C)c(Cc3c(OC)c(C)cc(Cc4cc(C)c(CO)c(Cc5ccc(CO)cc5)c4C)c3OC)cc(C)c2OC)cc1. The Bertz CT molecular complexity index is 1990. The second-order valence-electron chi connectivity index (χ2n) is 13.5. The first-order valence-electron chi connectivity index (χ1n) is 17.5. The van der Waals surface area contributed by atoms with Crippen LogP contribution in [0.2, 0.25) is 0 Å². The van der Waals surface area contributed by atoms with E-state index in [1.165, 1.54) is 22.3 Å². The molecular formula is C45H52O6. The number of hydrogen-bond acceptors (Lipinski definition) is 6. The lowest BCUT2D eigenvalue weighted by Gasteiger charge is -2.23. The van der Waals surface area contributed by atoms with Gasteiger partial charge in [-0.05, 0) is 132 Å². The molecule has 0 saturated heterocycles. The van der Waals surface area contributed by atoms with Crippen LogP contribution >= 0.6 is 0 Å². The van der Waals surface area contributed by atoms with Gasteiger partial charge in [-0.15, -0.1) is 0 Å². The van der Waals surface area contributed by atoms with Gasteiger partial charge in [0.25, 0.3) is 0 Å². The molecule has 0 unspecified atom stereocenters. The van der Waals surface area contributed by atoms with Crippen molar-refractivity contribution in [2.45, 2.75) is 73.5 Å². The molecule has 0 aromatic heterocycles. The zero-order valence-electron chi connectivity index (χ0n) is 31.6. The molecule has 0 aliphatic carbocycles. The van der Waals surface area contributed by atoms with E-state index in [1.54, 1.807) is 28.4 Å². The van der Waals surface area contributed by atoms with Crippen LogP contribution in [-0.2, 0) is 38.9 Å². The van der Waals surface area contributed by atoms with E-state index >= 15 is 0 Å². The lowest BCUT2D eigenvalue weighted by molar-refractivity contribution is 0.280. The van der Waals surface area contributed by atoms with E-state index in [9.17, 15) is 10.2 Å². The van der Waals surface area contributed by atoms with Crippen LogP contribution in [0, 0.1) is 34.6 Å². The minimum absolute atomic E-state index is 0.0173. The molecule has 0 aliphatic heterocycles. The van der Waals surface area contributed by atoms with Gasteiger partial charge in [0, 0.05) is 30.4 Å². The van der Waals surface area contributed by atoms with Gasteiger partial charge in [-0.1, -0.05) is 48.5 Å². The fourth-order valence-electron chi connectivity index (χ4n) is 7.54. The van der Waals surface area contributed by atoms with Gasteiger partial charge < -0.3 is 29.2 Å². The van der Waals surface area contributed by atoms with Crippen LogP contribution < -0.4 is 18.9 Å². The molecule has 5 aromatic rings. The number of benzene rings is 5. The molecule has 0 bridgehead atoms. The van der Waals surface area contributed by atoms with Crippen LogP contribution in [0.25, 0.3) is 0 Å². The molecule has 2 N–H and O–H groups in total. The molecule has 0 atom stereocenters. The molecule has 5 aromatic carbocycles. The molecule has 0 spiro atoms. The van der Waals surface area contributed by atoms with Crippen molar-refractivity contribution in [2.24, 2.45) is 0 Å². The zero-order chi connectivity index (χ0) is 36.8. The maximum atomic E-state index is 10.4. The van der Waals surface area contributed by atoms with Crippen molar-refractivity contribution < 1.29 is 29.2 Å². The summed E-state index contributed by atoms with van der Waals surface area (Å²) >= 11 is 0. The van der Waals surface area contributed by atoms with Crippen molar-refractivity contribution >= 4 is 0 Å². The van der Waals surface area contributed by atoms with Crippen LogP contribution in [-0.4, -0.2) is 38.7 Å². The molecule has 6 heteroatoms. The van der Waals surface area contributed by atoms with Crippen molar-refractivity contribution in [1.29, 1.82) is 0 Å². The highest BCUT2D eigenvalue weighted by molar-refractivity contribution is 5.60. The standard InChI is InChI=1S/C45H52O6/c1-27-18-35(30(4)39(42(27)26-47)21-32-10-12-34(25-46)13-11-32)23-37-20-29(3)44(50-8)41(45(37)51-9)24-36-19-28(2)43(49-7)40(31(36)5)22-33-14-16-38(48-6)17-15-33/h10-20,46-47H,21-26H2,1-9H3. The lowest BCUT2D eigenvalue weighted by Crippen LogP contribution is -2.09. The van der Waals surface area contributed by atoms with E-state index in [-0.39, 0.29) is 13.2 Å². The Hall–Kier alpha value is -4.78. The fourth-order valence-corrected chi connectivity index (χ4v) is 7.54. The number of ether oxygens (including phenoxy) is 4. The minimum atomic E-state index is -0.0206. The molecule has 6 nitrogen and oxygen atoms in total. The third kappa shape index (κ3) is 7.93. The monoisotopic (exact) mass is 688 g/mol. The van der Waals surface area contributed by atoms with E-state index in [2.05, 4.69) is 77.1 Å². The number of aryl methyl sites for hydroxylation is 3. The molecule has 0 fully saturated rings. The maximum absolute atomic E-state index is 10.4. The normalized spacial score (nSPS) is 11.1. The second-order valence-corrected chi connectivity index (χ2v) is 13.5. The van der Waals surface area contributed by atoms with Crippen LogP contribution in [0.3, 0.4) is 0 Å². The van der Waals surface area contributed by atoms with Gasteiger partial charge in [0.2, 0.25) is 0 Å². The summed E-state index contributed by atoms with van der Waals surface area (Å²) in [4.78, 5) is 0. The van der Waals surface area contributed by atoms with Crippen molar-refractivity contribution in [1.82, 2.24) is 0 Å². The minimum Gasteiger partial charge on any atom is -0.497 e. The van der Waals surface area contributed by atoms with Crippen molar-refractivity contribution in [3.63, 3.8) is 0 Å². The summed E-state index contributed by atoms with van der Waals surface area (Å²) in [5, 5.41) is 20.0. The maximum Gasteiger partial charge on any atom is 0.129 e. The average Bonchev–Trinajstić information content (AvgIpc) is 3.13. The Kier molecular flexibility index (Phi) is 12.1. The Morgan fingerprint density at radius 3 is 1.43 bits per heavy atom. The highest BCUT2D eigenvalue weighted by Gasteiger charge is 2.23. The first kappa shape index (κ1) is 37.5. The smallest absolute Gasteiger partial charge is 0.129 e. The Labute approximate surface area is 303 Å². The van der Waals surface area contributed by atoms with Gasteiger partial charge in [-0.2, -0.15) is 0 Å². The molecule has 268 valence electrons. The van der Waals surface area contributed by atoms with E-state index in [4.69, 9.17) is 18.9 Å². The molecule has 0 aliphatic rings. The zero-order valence-corrected chi connectivity index (χ0v) is 31.6. The summed E-state index contributed by atoms with van der Waals surface area (Å²) in [5.74, 6) is 3.40. The third-order valence-electron chi connectivity index (χ3n) is 10.4.